The molecule has 0 aromatic heterocycles. The largest absolute Gasteiger partial charge is 0.492 e. The Bertz CT molecular complexity index is 465. The Kier molecular flexibility index (Phi) is 3.80. The van der Waals surface area contributed by atoms with Gasteiger partial charge in [0, 0.05) is 19.5 Å². The molecule has 4 nitrogen and oxygen atoms in total. The number of para-hydroxylation sites is 1. The number of fused-ring (bicyclic) bond motifs is 1. The summed E-state index contributed by atoms with van der Waals surface area (Å²) in [7, 11) is 0. The Labute approximate surface area is 113 Å². The van der Waals surface area contributed by atoms with Crippen LogP contribution >= 0.6 is 0 Å². The summed E-state index contributed by atoms with van der Waals surface area (Å²) >= 11 is 0. The predicted molar refractivity (Wildman–Crippen MR) is 73.9 cm³/mol. The van der Waals surface area contributed by atoms with E-state index in [9.17, 15) is 4.79 Å². The molecule has 1 aromatic carbocycles. The van der Waals surface area contributed by atoms with Gasteiger partial charge in [0.15, 0.2) is 5.78 Å². The minimum Gasteiger partial charge on any atom is -0.492 e. The van der Waals surface area contributed by atoms with Crippen LogP contribution in [0.2, 0.25) is 0 Å². The Balaban J connectivity index is 1.72. The van der Waals surface area contributed by atoms with Crippen molar-refractivity contribution in [2.45, 2.75) is 12.8 Å². The van der Waals surface area contributed by atoms with Gasteiger partial charge in [-0.05, 0) is 31.1 Å². The van der Waals surface area contributed by atoms with Crippen molar-refractivity contribution in [1.82, 2.24) is 10.2 Å². The molecule has 2 aliphatic rings. The van der Waals surface area contributed by atoms with E-state index in [0.29, 0.717) is 13.2 Å². The molecule has 0 radical (unpaired) electrons. The third kappa shape index (κ3) is 2.80. The molecule has 2 heterocycles. The minimum absolute atomic E-state index is 0.181. The number of carbonyl (C=O) groups excluding carboxylic acids is 1. The van der Waals surface area contributed by atoms with Crippen molar-refractivity contribution in [3.63, 3.8) is 0 Å². The summed E-state index contributed by atoms with van der Waals surface area (Å²) < 4.78 is 5.61. The lowest BCUT2D eigenvalue weighted by Crippen LogP contribution is -2.33. The number of rotatable bonds is 3. The van der Waals surface area contributed by atoms with Crippen LogP contribution in [0.1, 0.15) is 22.3 Å². The number of hydrogen-bond acceptors (Lipinski definition) is 4. The van der Waals surface area contributed by atoms with Gasteiger partial charge in [0.05, 0.1) is 18.7 Å². The van der Waals surface area contributed by atoms with Gasteiger partial charge in [-0.2, -0.15) is 0 Å². The zero-order chi connectivity index (χ0) is 13.1. The van der Waals surface area contributed by atoms with Crippen molar-refractivity contribution < 1.29 is 9.53 Å². The third-order valence-electron chi connectivity index (χ3n) is 3.81. The van der Waals surface area contributed by atoms with Gasteiger partial charge in [-0.25, -0.2) is 0 Å². The molecule has 0 atom stereocenters. The van der Waals surface area contributed by atoms with Gasteiger partial charge in [0.2, 0.25) is 0 Å². The van der Waals surface area contributed by atoms with Crippen LogP contribution in [0.15, 0.2) is 18.2 Å². The van der Waals surface area contributed by atoms with Crippen molar-refractivity contribution in [3.05, 3.63) is 29.3 Å². The van der Waals surface area contributed by atoms with Gasteiger partial charge >= 0.3 is 0 Å². The normalized spacial score (nSPS) is 19.6. The first-order valence-corrected chi connectivity index (χ1v) is 7.05. The standard InChI is InChI=1S/C15H20N2O2/c18-14(11-17-8-2-6-16-7-9-17)13-4-1-3-12-5-10-19-15(12)13/h1,3-4,16H,2,5-11H2. The second-order valence-electron chi connectivity index (χ2n) is 5.20. The van der Waals surface area contributed by atoms with Gasteiger partial charge in [-0.15, -0.1) is 0 Å². The van der Waals surface area contributed by atoms with Crippen LogP contribution in [0.5, 0.6) is 5.75 Å². The molecular formula is C15H20N2O2. The highest BCUT2D eigenvalue weighted by molar-refractivity contribution is 6.00. The molecule has 3 rings (SSSR count). The molecule has 1 saturated heterocycles. The topological polar surface area (TPSA) is 41.6 Å². The van der Waals surface area contributed by atoms with E-state index in [1.54, 1.807) is 0 Å². The van der Waals surface area contributed by atoms with Gasteiger partial charge in [0.25, 0.3) is 0 Å². The zero-order valence-corrected chi connectivity index (χ0v) is 11.2. The monoisotopic (exact) mass is 260 g/mol. The van der Waals surface area contributed by atoms with Crippen LogP contribution in [0, 0.1) is 0 Å². The number of Topliss-reactive ketones (excluding diaryl/α,β-unsaturated/α-hetero) is 1. The molecule has 19 heavy (non-hydrogen) atoms. The molecule has 0 saturated carbocycles. The fourth-order valence-electron chi connectivity index (χ4n) is 2.78. The smallest absolute Gasteiger partial charge is 0.180 e. The molecule has 2 aliphatic heterocycles. The highest BCUT2D eigenvalue weighted by Crippen LogP contribution is 2.29. The van der Waals surface area contributed by atoms with Crippen LogP contribution in [-0.4, -0.2) is 50.0 Å². The molecule has 1 N–H and O–H groups in total. The molecule has 0 spiro atoms. The molecule has 0 amide bonds. The fraction of sp³-hybridized carbons (Fsp3) is 0.533. The van der Waals surface area contributed by atoms with Crippen molar-refractivity contribution in [2.24, 2.45) is 0 Å². The van der Waals surface area contributed by atoms with E-state index in [0.717, 1.165) is 50.3 Å². The average Bonchev–Trinajstić information content (AvgIpc) is 2.76. The number of ketones is 1. The lowest BCUT2D eigenvalue weighted by molar-refractivity contribution is 0.0932. The zero-order valence-electron chi connectivity index (χ0n) is 11.2. The first-order chi connectivity index (χ1) is 9.34. The molecule has 1 fully saturated rings. The Morgan fingerprint density at radius 2 is 2.26 bits per heavy atom. The van der Waals surface area contributed by atoms with E-state index >= 15 is 0 Å². The van der Waals surface area contributed by atoms with E-state index in [4.69, 9.17) is 4.74 Å². The van der Waals surface area contributed by atoms with Crippen molar-refractivity contribution in [2.75, 3.05) is 39.3 Å². The van der Waals surface area contributed by atoms with E-state index in [-0.39, 0.29) is 5.78 Å². The number of hydrogen-bond donors (Lipinski definition) is 1. The molecule has 4 heteroatoms. The van der Waals surface area contributed by atoms with E-state index in [1.165, 1.54) is 5.56 Å². The molecule has 0 bridgehead atoms. The Hall–Kier alpha value is -1.39. The van der Waals surface area contributed by atoms with E-state index < -0.39 is 0 Å². The lowest BCUT2D eigenvalue weighted by Gasteiger charge is -2.18. The quantitative estimate of drug-likeness (QED) is 0.826. The van der Waals surface area contributed by atoms with Gasteiger partial charge < -0.3 is 10.1 Å². The Morgan fingerprint density at radius 1 is 1.32 bits per heavy atom. The van der Waals surface area contributed by atoms with E-state index in [2.05, 4.69) is 16.3 Å². The molecular weight excluding hydrogens is 240 g/mol. The summed E-state index contributed by atoms with van der Waals surface area (Å²) in [6.07, 6.45) is 2.03. The SMILES string of the molecule is O=C(CN1CCCNCC1)c1cccc2c1OCC2. The molecule has 1 aromatic rings. The Morgan fingerprint density at radius 3 is 3.21 bits per heavy atom. The van der Waals surface area contributed by atoms with Crippen LogP contribution in [0.4, 0.5) is 0 Å². The first kappa shape index (κ1) is 12.6. The van der Waals surface area contributed by atoms with Crippen LogP contribution < -0.4 is 10.1 Å². The maximum Gasteiger partial charge on any atom is 0.180 e. The fourth-order valence-corrected chi connectivity index (χ4v) is 2.78. The summed E-state index contributed by atoms with van der Waals surface area (Å²) in [5.74, 6) is 1.00. The average molecular weight is 260 g/mol. The molecule has 102 valence electrons. The van der Waals surface area contributed by atoms with Crippen LogP contribution in [0.25, 0.3) is 0 Å². The van der Waals surface area contributed by atoms with Gasteiger partial charge in [-0.1, -0.05) is 12.1 Å². The van der Waals surface area contributed by atoms with Crippen molar-refractivity contribution in [3.8, 4) is 5.75 Å². The maximum atomic E-state index is 12.4. The summed E-state index contributed by atoms with van der Waals surface area (Å²) in [4.78, 5) is 14.7. The van der Waals surface area contributed by atoms with Crippen molar-refractivity contribution in [1.29, 1.82) is 0 Å². The van der Waals surface area contributed by atoms with E-state index in [1.807, 2.05) is 12.1 Å². The van der Waals surface area contributed by atoms with Crippen LogP contribution in [-0.2, 0) is 6.42 Å². The maximum absolute atomic E-state index is 12.4. The number of ether oxygens (including phenoxy) is 1. The summed E-state index contributed by atoms with van der Waals surface area (Å²) in [6.45, 7) is 5.16. The van der Waals surface area contributed by atoms with Crippen molar-refractivity contribution >= 4 is 5.78 Å². The molecule has 0 aliphatic carbocycles. The van der Waals surface area contributed by atoms with Gasteiger partial charge in [0.1, 0.15) is 5.75 Å². The van der Waals surface area contributed by atoms with Gasteiger partial charge in [-0.3, -0.25) is 9.69 Å². The summed E-state index contributed by atoms with van der Waals surface area (Å²) in [5, 5.41) is 3.35. The minimum atomic E-state index is 0.181. The summed E-state index contributed by atoms with van der Waals surface area (Å²) in [5.41, 5.74) is 1.93. The second kappa shape index (κ2) is 5.72. The molecule has 0 unspecified atom stereocenters. The highest BCUT2D eigenvalue weighted by Gasteiger charge is 2.22. The highest BCUT2D eigenvalue weighted by atomic mass is 16.5. The predicted octanol–water partition coefficient (Wildman–Crippen LogP) is 1.10. The second-order valence-corrected chi connectivity index (χ2v) is 5.20. The number of nitrogens with one attached hydrogen (secondary N) is 1. The number of nitrogens with zero attached hydrogens (tertiary/aromatic N) is 1. The first-order valence-electron chi connectivity index (χ1n) is 7.05. The van der Waals surface area contributed by atoms with Crippen LogP contribution in [0.3, 0.4) is 0 Å². The third-order valence-corrected chi connectivity index (χ3v) is 3.81. The number of benzene rings is 1. The lowest BCUT2D eigenvalue weighted by atomic mass is 10.0. The summed E-state index contributed by atoms with van der Waals surface area (Å²) in [6, 6.07) is 5.91. The number of carbonyl (C=O) groups is 1.